The monoisotopic (exact) mass is 233 g/mol. The molecule has 0 heterocycles. The number of carbonyl (C=O) groups excluding carboxylic acids is 1. The maximum absolute atomic E-state index is 11.7. The number of rotatable bonds is 6. The van der Waals surface area contributed by atoms with Crippen LogP contribution in [0.3, 0.4) is 0 Å². The van der Waals surface area contributed by atoms with Gasteiger partial charge in [0.15, 0.2) is 0 Å². The van der Waals surface area contributed by atoms with Gasteiger partial charge in [0.25, 0.3) is 0 Å². The minimum Gasteiger partial charge on any atom is -0.489 e. The molecule has 4 heteroatoms. The summed E-state index contributed by atoms with van der Waals surface area (Å²) in [5.41, 5.74) is 6.48. The van der Waals surface area contributed by atoms with Gasteiger partial charge in [0.2, 0.25) is 0 Å². The van der Waals surface area contributed by atoms with Crippen molar-refractivity contribution in [2.75, 3.05) is 18.9 Å². The second-order valence-corrected chi connectivity index (χ2v) is 3.24. The lowest BCUT2D eigenvalue weighted by Crippen LogP contribution is -2.08. The molecule has 0 bridgehead atoms. The highest BCUT2D eigenvalue weighted by Gasteiger charge is 2.13. The Morgan fingerprint density at radius 1 is 1.29 bits per heavy atom. The first-order valence-electron chi connectivity index (χ1n) is 5.10. The summed E-state index contributed by atoms with van der Waals surface area (Å²) in [6.07, 6.45) is 3.08. The zero-order chi connectivity index (χ0) is 12.7. The summed E-state index contributed by atoms with van der Waals surface area (Å²) in [7, 11) is 0. The summed E-state index contributed by atoms with van der Waals surface area (Å²) in [5, 5.41) is 0. The fourth-order valence-electron chi connectivity index (χ4n) is 1.19. The van der Waals surface area contributed by atoms with Gasteiger partial charge in [-0.2, -0.15) is 0 Å². The third-order valence-electron chi connectivity index (χ3n) is 1.91. The predicted molar refractivity (Wildman–Crippen MR) is 67.0 cm³/mol. The lowest BCUT2D eigenvalue weighted by molar-refractivity contribution is 0.0545. The third kappa shape index (κ3) is 3.68. The molecule has 0 spiro atoms. The Bertz CT molecular complexity index is 427. The molecule has 2 N–H and O–H groups in total. The Hall–Kier alpha value is -2.23. The van der Waals surface area contributed by atoms with E-state index in [4.69, 9.17) is 15.2 Å². The highest BCUT2D eigenvalue weighted by molar-refractivity contribution is 5.93. The molecule has 1 aromatic rings. The predicted octanol–water partition coefficient (Wildman–Crippen LogP) is 2.18. The van der Waals surface area contributed by atoms with Gasteiger partial charge >= 0.3 is 5.97 Å². The van der Waals surface area contributed by atoms with Crippen molar-refractivity contribution in [2.45, 2.75) is 0 Å². The average molecular weight is 233 g/mol. The molecule has 0 amide bonds. The molecular formula is C13H15NO3. The second-order valence-electron chi connectivity index (χ2n) is 3.24. The first-order chi connectivity index (χ1) is 8.19. The highest BCUT2D eigenvalue weighted by atomic mass is 16.5. The van der Waals surface area contributed by atoms with E-state index in [1.54, 1.807) is 24.3 Å². The summed E-state index contributed by atoms with van der Waals surface area (Å²) < 4.78 is 10.3. The Morgan fingerprint density at radius 2 is 2.00 bits per heavy atom. The number of hydrogen-bond acceptors (Lipinski definition) is 4. The molecule has 0 aliphatic rings. The fourth-order valence-corrected chi connectivity index (χ4v) is 1.19. The lowest BCUT2D eigenvalue weighted by Gasteiger charge is -2.10. The summed E-state index contributed by atoms with van der Waals surface area (Å²) in [6, 6.07) is 4.76. The van der Waals surface area contributed by atoms with Gasteiger partial charge in [-0.25, -0.2) is 4.79 Å². The zero-order valence-corrected chi connectivity index (χ0v) is 9.52. The van der Waals surface area contributed by atoms with Gasteiger partial charge in [0.1, 0.15) is 24.5 Å². The molecule has 0 saturated heterocycles. The van der Waals surface area contributed by atoms with Crippen molar-refractivity contribution in [1.29, 1.82) is 0 Å². The van der Waals surface area contributed by atoms with Crippen molar-refractivity contribution in [3.8, 4) is 5.75 Å². The molecule has 0 saturated carbocycles. The topological polar surface area (TPSA) is 61.5 Å². The SMILES string of the molecule is C=CCOC(=O)c1ccc(N)cc1OCC=C. The molecule has 4 nitrogen and oxygen atoms in total. The standard InChI is InChI=1S/C13H15NO3/c1-3-7-16-12-9-10(14)5-6-11(12)13(15)17-8-4-2/h3-6,9H,1-2,7-8,14H2. The number of carbonyl (C=O) groups is 1. The number of nitrogens with two attached hydrogens (primary N) is 1. The van der Waals surface area contributed by atoms with E-state index in [2.05, 4.69) is 13.2 Å². The van der Waals surface area contributed by atoms with Crippen LogP contribution in [-0.4, -0.2) is 19.2 Å². The molecule has 1 rings (SSSR count). The number of nitrogen functional groups attached to an aromatic ring is 1. The average Bonchev–Trinajstić information content (AvgIpc) is 2.33. The Labute approximate surface area is 100 Å². The van der Waals surface area contributed by atoms with E-state index in [1.807, 2.05) is 0 Å². The van der Waals surface area contributed by atoms with Crippen molar-refractivity contribution < 1.29 is 14.3 Å². The maximum atomic E-state index is 11.7. The van der Waals surface area contributed by atoms with Crippen molar-refractivity contribution in [3.63, 3.8) is 0 Å². The molecule has 0 aromatic heterocycles. The van der Waals surface area contributed by atoms with Crippen LogP contribution in [-0.2, 0) is 4.74 Å². The zero-order valence-electron chi connectivity index (χ0n) is 9.52. The molecule has 1 aromatic carbocycles. The summed E-state index contributed by atoms with van der Waals surface area (Å²) in [6.45, 7) is 7.46. The minimum absolute atomic E-state index is 0.157. The van der Waals surface area contributed by atoms with Gasteiger partial charge in [-0.1, -0.05) is 25.3 Å². The van der Waals surface area contributed by atoms with Gasteiger partial charge in [0, 0.05) is 11.8 Å². The quantitative estimate of drug-likeness (QED) is 0.464. The van der Waals surface area contributed by atoms with E-state index < -0.39 is 5.97 Å². The van der Waals surface area contributed by atoms with Crippen LogP contribution >= 0.6 is 0 Å². The Morgan fingerprint density at radius 3 is 2.65 bits per heavy atom. The highest BCUT2D eigenvalue weighted by Crippen LogP contribution is 2.22. The lowest BCUT2D eigenvalue weighted by atomic mass is 10.2. The maximum Gasteiger partial charge on any atom is 0.342 e. The fraction of sp³-hybridized carbons (Fsp3) is 0.154. The second kappa shape index (κ2) is 6.37. The number of anilines is 1. The molecule has 17 heavy (non-hydrogen) atoms. The van der Waals surface area contributed by atoms with E-state index in [0.29, 0.717) is 23.6 Å². The molecule has 0 unspecified atom stereocenters. The summed E-state index contributed by atoms with van der Waals surface area (Å²) >= 11 is 0. The van der Waals surface area contributed by atoms with Gasteiger partial charge in [-0.3, -0.25) is 0 Å². The first kappa shape index (κ1) is 12.8. The number of hydrogen-bond donors (Lipinski definition) is 1. The Balaban J connectivity index is 2.91. The number of esters is 1. The summed E-state index contributed by atoms with van der Waals surface area (Å²) in [4.78, 5) is 11.7. The van der Waals surface area contributed by atoms with Crippen LogP contribution in [0.25, 0.3) is 0 Å². The van der Waals surface area contributed by atoms with Crippen molar-refractivity contribution >= 4 is 11.7 Å². The first-order valence-corrected chi connectivity index (χ1v) is 5.10. The molecule has 0 atom stereocenters. The van der Waals surface area contributed by atoms with E-state index in [1.165, 1.54) is 6.08 Å². The normalized spacial score (nSPS) is 9.41. The molecule has 90 valence electrons. The van der Waals surface area contributed by atoms with Gasteiger partial charge in [-0.05, 0) is 12.1 Å². The smallest absolute Gasteiger partial charge is 0.342 e. The van der Waals surface area contributed by atoms with Crippen LogP contribution < -0.4 is 10.5 Å². The van der Waals surface area contributed by atoms with Gasteiger partial charge < -0.3 is 15.2 Å². The molecule has 0 aliphatic heterocycles. The molecule has 0 radical (unpaired) electrons. The number of ether oxygens (including phenoxy) is 2. The minimum atomic E-state index is -0.469. The van der Waals surface area contributed by atoms with Crippen molar-refractivity contribution in [3.05, 3.63) is 49.1 Å². The molecule has 0 fully saturated rings. The van der Waals surface area contributed by atoms with E-state index in [-0.39, 0.29) is 6.61 Å². The third-order valence-corrected chi connectivity index (χ3v) is 1.91. The van der Waals surface area contributed by atoms with Crippen molar-refractivity contribution in [1.82, 2.24) is 0 Å². The van der Waals surface area contributed by atoms with Crippen LogP contribution in [0.5, 0.6) is 5.75 Å². The van der Waals surface area contributed by atoms with E-state index in [9.17, 15) is 4.79 Å². The molecular weight excluding hydrogens is 218 g/mol. The van der Waals surface area contributed by atoms with E-state index in [0.717, 1.165) is 0 Å². The Kier molecular flexibility index (Phi) is 4.81. The summed E-state index contributed by atoms with van der Waals surface area (Å²) in [5.74, 6) is -0.0806. The van der Waals surface area contributed by atoms with Crippen molar-refractivity contribution in [2.24, 2.45) is 0 Å². The van der Waals surface area contributed by atoms with Crippen LogP contribution in [0.4, 0.5) is 5.69 Å². The van der Waals surface area contributed by atoms with Crippen LogP contribution in [0.1, 0.15) is 10.4 Å². The van der Waals surface area contributed by atoms with Crippen LogP contribution in [0.2, 0.25) is 0 Å². The largest absolute Gasteiger partial charge is 0.489 e. The van der Waals surface area contributed by atoms with Crippen LogP contribution in [0.15, 0.2) is 43.5 Å². The van der Waals surface area contributed by atoms with Gasteiger partial charge in [-0.15, -0.1) is 0 Å². The van der Waals surface area contributed by atoms with E-state index >= 15 is 0 Å². The van der Waals surface area contributed by atoms with Crippen LogP contribution in [0, 0.1) is 0 Å². The van der Waals surface area contributed by atoms with Gasteiger partial charge in [0.05, 0.1) is 0 Å². The molecule has 0 aliphatic carbocycles. The number of benzene rings is 1.